The fraction of sp³-hybridized carbons (Fsp3) is 0.600. The molecule has 0 saturated carbocycles. The summed E-state index contributed by atoms with van der Waals surface area (Å²) in [5.74, 6) is 1.14. The molecule has 0 aliphatic heterocycles. The molecule has 0 saturated heterocycles. The number of alkyl halides is 1. The maximum absolute atomic E-state index is 5.94. The van der Waals surface area contributed by atoms with Crippen molar-refractivity contribution in [1.82, 2.24) is 0 Å². The van der Waals surface area contributed by atoms with Gasteiger partial charge in [-0.2, -0.15) is 0 Å². The quantitative estimate of drug-likeness (QED) is 0.554. The molecule has 1 aromatic rings. The van der Waals surface area contributed by atoms with Gasteiger partial charge >= 0.3 is 0 Å². The molecular weight excluding hydrogens is 276 g/mol. The fourth-order valence-electron chi connectivity index (χ4n) is 2.44. The first-order valence-electron chi connectivity index (χ1n) is 6.71. The van der Waals surface area contributed by atoms with Crippen molar-refractivity contribution in [3.8, 4) is 5.75 Å². The van der Waals surface area contributed by atoms with Gasteiger partial charge in [-0.1, -0.05) is 28.1 Å². The number of halogens is 1. The summed E-state index contributed by atoms with van der Waals surface area (Å²) >= 11 is 3.45. The Balaban J connectivity index is 1.87. The second-order valence-corrected chi connectivity index (χ2v) is 5.49. The van der Waals surface area contributed by atoms with Gasteiger partial charge in [0.2, 0.25) is 0 Å². The second kappa shape index (κ2) is 7.05. The van der Waals surface area contributed by atoms with Gasteiger partial charge in [0.05, 0.1) is 6.61 Å². The van der Waals surface area contributed by atoms with Gasteiger partial charge in [0.1, 0.15) is 5.75 Å². The summed E-state index contributed by atoms with van der Waals surface area (Å²) in [6.07, 6.45) is 8.74. The van der Waals surface area contributed by atoms with E-state index in [-0.39, 0.29) is 0 Å². The molecule has 0 unspecified atom stereocenters. The fourth-order valence-corrected chi connectivity index (χ4v) is 2.83. The summed E-state index contributed by atoms with van der Waals surface area (Å²) in [6, 6.07) is 6.53. The maximum Gasteiger partial charge on any atom is 0.122 e. The zero-order chi connectivity index (χ0) is 11.9. The molecule has 0 aromatic heterocycles. The maximum atomic E-state index is 5.94. The first-order chi connectivity index (χ1) is 8.42. The van der Waals surface area contributed by atoms with Crippen LogP contribution >= 0.6 is 15.9 Å². The summed E-state index contributed by atoms with van der Waals surface area (Å²) in [4.78, 5) is 0. The average Bonchev–Trinajstić information content (AvgIpc) is 2.39. The predicted octanol–water partition coefficient (Wildman–Crippen LogP) is 4.51. The highest BCUT2D eigenvalue weighted by atomic mass is 79.9. The number of rotatable bonds is 6. The Morgan fingerprint density at radius 3 is 2.82 bits per heavy atom. The van der Waals surface area contributed by atoms with Crippen LogP contribution < -0.4 is 4.74 Å². The minimum Gasteiger partial charge on any atom is -0.493 e. The predicted molar refractivity (Wildman–Crippen MR) is 76.2 cm³/mol. The molecule has 2 rings (SSSR count). The van der Waals surface area contributed by atoms with Crippen LogP contribution in [-0.4, -0.2) is 11.9 Å². The van der Waals surface area contributed by atoms with Gasteiger partial charge in [0, 0.05) is 5.33 Å². The Hall–Kier alpha value is -0.500. The van der Waals surface area contributed by atoms with Gasteiger partial charge in [0.15, 0.2) is 0 Å². The molecule has 0 amide bonds. The molecule has 94 valence electrons. The number of hydrogen-bond acceptors (Lipinski definition) is 1. The smallest absolute Gasteiger partial charge is 0.122 e. The molecule has 0 atom stereocenters. The Kier molecular flexibility index (Phi) is 5.37. The van der Waals surface area contributed by atoms with E-state index < -0.39 is 0 Å². The molecule has 1 aliphatic carbocycles. The van der Waals surface area contributed by atoms with Gasteiger partial charge in [0.25, 0.3) is 0 Å². The van der Waals surface area contributed by atoms with Crippen molar-refractivity contribution in [3.63, 3.8) is 0 Å². The third-order valence-corrected chi connectivity index (χ3v) is 3.95. The van der Waals surface area contributed by atoms with Crippen LogP contribution in [0.15, 0.2) is 18.2 Å². The average molecular weight is 297 g/mol. The van der Waals surface area contributed by atoms with Crippen LogP contribution in [0.25, 0.3) is 0 Å². The van der Waals surface area contributed by atoms with Gasteiger partial charge in [-0.3, -0.25) is 0 Å². The molecule has 2 heteroatoms. The van der Waals surface area contributed by atoms with Crippen molar-refractivity contribution in [2.24, 2.45) is 0 Å². The van der Waals surface area contributed by atoms with E-state index >= 15 is 0 Å². The molecule has 17 heavy (non-hydrogen) atoms. The minimum absolute atomic E-state index is 0.865. The largest absolute Gasteiger partial charge is 0.493 e. The second-order valence-electron chi connectivity index (χ2n) is 4.70. The molecule has 0 heterocycles. The highest BCUT2D eigenvalue weighted by Gasteiger charge is 2.13. The number of ether oxygens (including phenoxy) is 1. The van der Waals surface area contributed by atoms with E-state index in [1.165, 1.54) is 49.7 Å². The van der Waals surface area contributed by atoms with Gasteiger partial charge in [-0.15, -0.1) is 0 Å². The molecule has 0 bridgehead atoms. The molecular formula is C15H21BrO. The molecule has 0 fully saturated rings. The van der Waals surface area contributed by atoms with E-state index in [2.05, 4.69) is 34.1 Å². The van der Waals surface area contributed by atoms with E-state index in [4.69, 9.17) is 4.74 Å². The molecule has 1 aromatic carbocycles. The summed E-state index contributed by atoms with van der Waals surface area (Å²) < 4.78 is 5.94. The number of fused-ring (bicyclic) bond motifs is 1. The lowest BCUT2D eigenvalue weighted by atomic mass is 9.91. The van der Waals surface area contributed by atoms with Crippen molar-refractivity contribution in [2.45, 2.75) is 44.9 Å². The van der Waals surface area contributed by atoms with Crippen molar-refractivity contribution in [1.29, 1.82) is 0 Å². The first kappa shape index (κ1) is 12.9. The lowest BCUT2D eigenvalue weighted by Gasteiger charge is -2.19. The standard InChI is InChI=1S/C15H21BrO/c16-11-4-1-5-12-17-15-10-6-8-13-7-2-3-9-14(13)15/h6,8,10H,1-5,7,9,11-12H2. The number of hydrogen-bond donors (Lipinski definition) is 0. The van der Waals surface area contributed by atoms with Gasteiger partial charge in [-0.25, -0.2) is 0 Å². The molecule has 0 radical (unpaired) electrons. The minimum atomic E-state index is 0.865. The summed E-state index contributed by atoms with van der Waals surface area (Å²) in [5, 5.41) is 1.10. The molecule has 0 N–H and O–H groups in total. The number of benzene rings is 1. The van der Waals surface area contributed by atoms with Crippen molar-refractivity contribution < 1.29 is 4.74 Å². The number of aryl methyl sites for hydroxylation is 1. The van der Waals surface area contributed by atoms with E-state index in [1.807, 2.05) is 0 Å². The van der Waals surface area contributed by atoms with Crippen molar-refractivity contribution >= 4 is 15.9 Å². The van der Waals surface area contributed by atoms with Crippen LogP contribution in [0.4, 0.5) is 0 Å². The zero-order valence-electron chi connectivity index (χ0n) is 10.4. The molecule has 0 spiro atoms. The summed E-state index contributed by atoms with van der Waals surface area (Å²) in [7, 11) is 0. The van der Waals surface area contributed by atoms with E-state index in [0.29, 0.717) is 0 Å². The lowest BCUT2D eigenvalue weighted by molar-refractivity contribution is 0.302. The third-order valence-electron chi connectivity index (χ3n) is 3.39. The van der Waals surface area contributed by atoms with Gasteiger partial charge in [-0.05, 0) is 62.1 Å². The highest BCUT2D eigenvalue weighted by Crippen LogP contribution is 2.29. The van der Waals surface area contributed by atoms with Crippen LogP contribution in [0.2, 0.25) is 0 Å². The Morgan fingerprint density at radius 1 is 1.06 bits per heavy atom. The van der Waals surface area contributed by atoms with E-state index in [0.717, 1.165) is 24.1 Å². The normalized spacial score (nSPS) is 14.4. The Morgan fingerprint density at radius 2 is 1.94 bits per heavy atom. The van der Waals surface area contributed by atoms with Crippen molar-refractivity contribution in [3.05, 3.63) is 29.3 Å². The van der Waals surface area contributed by atoms with E-state index in [1.54, 1.807) is 0 Å². The van der Waals surface area contributed by atoms with Crippen LogP contribution in [0.5, 0.6) is 5.75 Å². The Labute approximate surface area is 113 Å². The monoisotopic (exact) mass is 296 g/mol. The summed E-state index contributed by atoms with van der Waals surface area (Å²) in [5.41, 5.74) is 2.98. The van der Waals surface area contributed by atoms with E-state index in [9.17, 15) is 0 Å². The molecule has 1 nitrogen and oxygen atoms in total. The van der Waals surface area contributed by atoms with Gasteiger partial charge < -0.3 is 4.74 Å². The highest BCUT2D eigenvalue weighted by molar-refractivity contribution is 9.09. The van der Waals surface area contributed by atoms with Crippen LogP contribution in [-0.2, 0) is 12.8 Å². The molecule has 1 aliphatic rings. The Bertz CT molecular complexity index is 349. The van der Waals surface area contributed by atoms with Crippen LogP contribution in [0, 0.1) is 0 Å². The number of unbranched alkanes of at least 4 members (excludes halogenated alkanes) is 2. The van der Waals surface area contributed by atoms with Crippen LogP contribution in [0.3, 0.4) is 0 Å². The SMILES string of the molecule is BrCCCCCOc1cccc2c1CCCC2. The first-order valence-corrected chi connectivity index (χ1v) is 7.83. The summed E-state index contributed by atoms with van der Waals surface area (Å²) in [6.45, 7) is 0.865. The topological polar surface area (TPSA) is 9.23 Å². The zero-order valence-corrected chi connectivity index (χ0v) is 12.0. The van der Waals surface area contributed by atoms with Crippen molar-refractivity contribution in [2.75, 3.05) is 11.9 Å². The lowest BCUT2D eigenvalue weighted by Crippen LogP contribution is -2.07. The third kappa shape index (κ3) is 3.74. The van der Waals surface area contributed by atoms with Crippen LogP contribution in [0.1, 0.15) is 43.2 Å².